The van der Waals surface area contributed by atoms with Crippen molar-refractivity contribution in [3.05, 3.63) is 0 Å². The van der Waals surface area contributed by atoms with Gasteiger partial charge in [-0.2, -0.15) is 0 Å². The van der Waals surface area contributed by atoms with Gasteiger partial charge in [-0.05, 0) is 31.6 Å². The third-order valence-corrected chi connectivity index (χ3v) is 4.19. The van der Waals surface area contributed by atoms with Gasteiger partial charge in [-0.3, -0.25) is 0 Å². The van der Waals surface area contributed by atoms with Gasteiger partial charge in [0.25, 0.3) is 0 Å². The molecular weight excluding hydrogens is 248 g/mol. The topological polar surface area (TPSA) is 57.3 Å². The van der Waals surface area contributed by atoms with Crippen molar-refractivity contribution in [2.75, 3.05) is 33.5 Å². The zero-order chi connectivity index (χ0) is 13.9. The van der Waals surface area contributed by atoms with Crippen LogP contribution in [-0.4, -0.2) is 51.2 Å². The Bertz CT molecular complexity index is 319. The van der Waals surface area contributed by atoms with Gasteiger partial charge in [0.1, 0.15) is 6.61 Å². The van der Waals surface area contributed by atoms with Crippen molar-refractivity contribution >= 4 is 5.97 Å². The van der Waals surface area contributed by atoms with E-state index in [0.717, 1.165) is 12.8 Å². The second-order valence-corrected chi connectivity index (χ2v) is 5.82. The summed E-state index contributed by atoms with van der Waals surface area (Å²) in [7, 11) is 1.60. The molecule has 1 aliphatic heterocycles. The highest BCUT2D eigenvalue weighted by molar-refractivity contribution is 5.70. The average molecular weight is 272 g/mol. The lowest BCUT2D eigenvalue weighted by Crippen LogP contribution is -2.32. The second kappa shape index (κ2) is 6.20. The van der Waals surface area contributed by atoms with E-state index < -0.39 is 0 Å². The Morgan fingerprint density at radius 1 is 1.42 bits per heavy atom. The van der Waals surface area contributed by atoms with Crippen molar-refractivity contribution in [3.8, 4) is 0 Å². The van der Waals surface area contributed by atoms with Crippen molar-refractivity contribution in [1.29, 1.82) is 0 Å². The third-order valence-electron chi connectivity index (χ3n) is 4.19. The van der Waals surface area contributed by atoms with Crippen LogP contribution in [0.5, 0.6) is 0 Å². The van der Waals surface area contributed by atoms with Gasteiger partial charge >= 0.3 is 5.97 Å². The lowest BCUT2D eigenvalue weighted by Gasteiger charge is -2.28. The monoisotopic (exact) mass is 272 g/mol. The predicted octanol–water partition coefficient (Wildman–Crippen LogP) is 1.40. The number of ether oxygens (including phenoxy) is 4. The van der Waals surface area contributed by atoms with E-state index >= 15 is 0 Å². The first kappa shape index (κ1) is 14.8. The Kier molecular flexibility index (Phi) is 4.81. The molecule has 4 unspecified atom stereocenters. The fraction of sp³-hybridized carbons (Fsp3) is 0.929. The molecule has 5 heteroatoms. The Hall–Kier alpha value is -0.650. The molecule has 2 rings (SSSR count). The van der Waals surface area contributed by atoms with E-state index in [-0.39, 0.29) is 18.2 Å². The summed E-state index contributed by atoms with van der Waals surface area (Å²) in [6.07, 6.45) is 2.42. The Balaban J connectivity index is 1.61. The molecule has 5 nitrogen and oxygen atoms in total. The van der Waals surface area contributed by atoms with E-state index in [0.29, 0.717) is 37.8 Å². The largest absolute Gasteiger partial charge is 0.464 e. The number of carbonyl (C=O) groups is 1. The summed E-state index contributed by atoms with van der Waals surface area (Å²) in [5, 5.41) is 0. The molecule has 4 atom stereocenters. The van der Waals surface area contributed by atoms with Crippen LogP contribution in [0.3, 0.4) is 0 Å². The Morgan fingerprint density at radius 3 is 2.95 bits per heavy atom. The molecule has 0 radical (unpaired) electrons. The number of fused-ring (bicyclic) bond motifs is 1. The van der Waals surface area contributed by atoms with Crippen LogP contribution >= 0.6 is 0 Å². The molecule has 1 heterocycles. The summed E-state index contributed by atoms with van der Waals surface area (Å²) < 4.78 is 20.9. The highest BCUT2D eigenvalue weighted by Crippen LogP contribution is 2.51. The Morgan fingerprint density at radius 2 is 2.21 bits per heavy atom. The van der Waals surface area contributed by atoms with E-state index in [1.54, 1.807) is 7.11 Å². The summed E-state index contributed by atoms with van der Waals surface area (Å²) in [4.78, 5) is 11.5. The number of rotatable bonds is 7. The molecule has 0 amide bonds. The van der Waals surface area contributed by atoms with Crippen LogP contribution in [0.2, 0.25) is 0 Å². The van der Waals surface area contributed by atoms with Gasteiger partial charge in [0, 0.05) is 7.11 Å². The maximum atomic E-state index is 11.5. The van der Waals surface area contributed by atoms with Gasteiger partial charge in [-0.1, -0.05) is 6.92 Å². The number of carbonyl (C=O) groups excluding carboxylic acids is 1. The number of methoxy groups -OCH3 is 1. The molecule has 0 bridgehead atoms. The summed E-state index contributed by atoms with van der Waals surface area (Å²) in [5.74, 6) is 0.641. The van der Waals surface area contributed by atoms with Gasteiger partial charge in [0.15, 0.2) is 0 Å². The van der Waals surface area contributed by atoms with E-state index in [1.807, 2.05) is 0 Å². The lowest BCUT2D eigenvalue weighted by molar-refractivity contribution is -0.151. The van der Waals surface area contributed by atoms with Crippen molar-refractivity contribution in [2.45, 2.75) is 38.4 Å². The zero-order valence-electron chi connectivity index (χ0n) is 12.0. The number of esters is 1. The van der Waals surface area contributed by atoms with Crippen LogP contribution in [-0.2, 0) is 23.7 Å². The molecule has 1 saturated heterocycles. The molecule has 1 aliphatic carbocycles. The quantitative estimate of drug-likeness (QED) is 0.398. The fourth-order valence-electron chi connectivity index (χ4n) is 2.85. The summed E-state index contributed by atoms with van der Waals surface area (Å²) in [6, 6.07) is 0. The molecule has 2 aliphatic rings. The summed E-state index contributed by atoms with van der Waals surface area (Å²) in [6.45, 7) is 5.76. The minimum atomic E-state index is -0.298. The predicted molar refractivity (Wildman–Crippen MR) is 68.8 cm³/mol. The van der Waals surface area contributed by atoms with Gasteiger partial charge in [0.05, 0.1) is 31.5 Å². The van der Waals surface area contributed by atoms with E-state index in [4.69, 9.17) is 18.9 Å². The van der Waals surface area contributed by atoms with Crippen LogP contribution in [0.1, 0.15) is 26.7 Å². The standard InChI is InChI=1S/C14H24O5/c1-10-7-14(2)12(19-14)6-11(10)8-18-13(15)9-17-5-4-16-3/h10-12H,4-9H2,1-3H3. The van der Waals surface area contributed by atoms with Gasteiger partial charge in [-0.25, -0.2) is 4.79 Å². The zero-order valence-corrected chi connectivity index (χ0v) is 12.0. The van der Waals surface area contributed by atoms with E-state index in [2.05, 4.69) is 13.8 Å². The van der Waals surface area contributed by atoms with Crippen LogP contribution in [0.15, 0.2) is 0 Å². The van der Waals surface area contributed by atoms with Crippen molar-refractivity contribution in [2.24, 2.45) is 11.8 Å². The summed E-state index contributed by atoms with van der Waals surface area (Å²) >= 11 is 0. The van der Waals surface area contributed by atoms with Crippen LogP contribution < -0.4 is 0 Å². The van der Waals surface area contributed by atoms with Gasteiger partial charge in [0.2, 0.25) is 0 Å². The van der Waals surface area contributed by atoms with Gasteiger partial charge in [-0.15, -0.1) is 0 Å². The maximum Gasteiger partial charge on any atom is 0.332 e. The van der Waals surface area contributed by atoms with E-state index in [1.165, 1.54) is 0 Å². The number of hydrogen-bond acceptors (Lipinski definition) is 5. The molecular formula is C14H24O5. The number of epoxide rings is 1. The molecule has 0 N–H and O–H groups in total. The minimum absolute atomic E-state index is 0.00209. The first-order valence-corrected chi connectivity index (χ1v) is 6.95. The first-order chi connectivity index (χ1) is 9.05. The first-order valence-electron chi connectivity index (χ1n) is 6.95. The smallest absolute Gasteiger partial charge is 0.332 e. The van der Waals surface area contributed by atoms with Crippen LogP contribution in [0.4, 0.5) is 0 Å². The SMILES string of the molecule is COCCOCC(=O)OCC1CC2OC2(C)CC1C. The van der Waals surface area contributed by atoms with E-state index in [9.17, 15) is 4.79 Å². The van der Waals surface area contributed by atoms with Crippen molar-refractivity contribution in [3.63, 3.8) is 0 Å². The lowest BCUT2D eigenvalue weighted by atomic mass is 9.76. The molecule has 110 valence electrons. The molecule has 0 aromatic carbocycles. The van der Waals surface area contributed by atoms with Crippen molar-refractivity contribution < 1.29 is 23.7 Å². The average Bonchev–Trinajstić information content (AvgIpc) is 3.01. The molecule has 0 aromatic rings. The summed E-state index contributed by atoms with van der Waals surface area (Å²) in [5.41, 5.74) is 0.100. The highest BCUT2D eigenvalue weighted by Gasteiger charge is 2.57. The molecule has 0 aromatic heterocycles. The molecule has 2 fully saturated rings. The van der Waals surface area contributed by atoms with Crippen LogP contribution in [0.25, 0.3) is 0 Å². The molecule has 1 saturated carbocycles. The molecule has 19 heavy (non-hydrogen) atoms. The fourth-order valence-corrected chi connectivity index (χ4v) is 2.85. The van der Waals surface area contributed by atoms with Crippen LogP contribution in [0, 0.1) is 11.8 Å². The molecule has 0 spiro atoms. The maximum absolute atomic E-state index is 11.5. The number of hydrogen-bond donors (Lipinski definition) is 0. The normalized spacial score (nSPS) is 36.7. The highest BCUT2D eigenvalue weighted by atomic mass is 16.6. The third kappa shape index (κ3) is 3.91. The second-order valence-electron chi connectivity index (χ2n) is 5.82. The van der Waals surface area contributed by atoms with Crippen molar-refractivity contribution in [1.82, 2.24) is 0 Å². The van der Waals surface area contributed by atoms with Gasteiger partial charge < -0.3 is 18.9 Å². The Labute approximate surface area is 114 Å². The minimum Gasteiger partial charge on any atom is -0.464 e.